The lowest BCUT2D eigenvalue weighted by atomic mass is 9.81. The summed E-state index contributed by atoms with van der Waals surface area (Å²) in [5.74, 6) is 2.08. The largest absolute Gasteiger partial charge is 0.465 e. The van der Waals surface area contributed by atoms with Crippen LogP contribution in [0.25, 0.3) is 0 Å². The standard InChI is InChI=1S/C27H31N3O6/c1-7-17-13-20(25(32)30(6)21-14(2)12-15(3)28-24(21)31)16(4)22-23(17)36-27(5,35-22)18-8-10-19(11-9-18)29-26(33)34/h1,12-13,18-19,29H,8-11H2,2-6H3,(H,28,31)(H,33,34). The summed E-state index contributed by atoms with van der Waals surface area (Å²) >= 11 is 0. The fraction of sp³-hybridized carbons (Fsp3) is 0.444. The van der Waals surface area contributed by atoms with Gasteiger partial charge in [-0.2, -0.15) is 0 Å². The number of nitrogens with one attached hydrogen (secondary N) is 2. The second-order valence-corrected chi connectivity index (χ2v) is 9.79. The maximum atomic E-state index is 13.6. The highest BCUT2D eigenvalue weighted by molar-refractivity contribution is 6.08. The topological polar surface area (TPSA) is 121 Å². The SMILES string of the molecule is C#Cc1cc(C(=O)N(C)c2c(C)cc(C)[nH]c2=O)c(C)c2c1OC(C)(C1CCC(NC(=O)O)CC1)O2. The number of pyridine rings is 1. The van der Waals surface area contributed by atoms with Crippen molar-refractivity contribution in [3.8, 4) is 23.8 Å². The number of hydrogen-bond donors (Lipinski definition) is 3. The number of anilines is 1. The Balaban J connectivity index is 1.64. The minimum absolute atomic E-state index is 0.0114. The quantitative estimate of drug-likeness (QED) is 0.556. The number of terminal acetylenes is 1. The average Bonchev–Trinajstić information content (AvgIpc) is 3.17. The van der Waals surface area contributed by atoms with Crippen molar-refractivity contribution >= 4 is 17.7 Å². The van der Waals surface area contributed by atoms with E-state index in [1.54, 1.807) is 33.9 Å². The van der Waals surface area contributed by atoms with Crippen LogP contribution in [-0.4, -0.2) is 41.0 Å². The summed E-state index contributed by atoms with van der Waals surface area (Å²) in [6.45, 7) is 7.20. The molecule has 3 N–H and O–H groups in total. The van der Waals surface area contributed by atoms with Gasteiger partial charge in [0.25, 0.3) is 17.3 Å². The molecule has 1 aromatic carbocycles. The highest BCUT2D eigenvalue weighted by atomic mass is 16.7. The number of aromatic nitrogens is 1. The van der Waals surface area contributed by atoms with Crippen LogP contribution in [0.5, 0.6) is 11.5 Å². The van der Waals surface area contributed by atoms with Crippen LogP contribution in [0.4, 0.5) is 10.5 Å². The number of amides is 2. The summed E-state index contributed by atoms with van der Waals surface area (Å²) in [4.78, 5) is 41.2. The zero-order valence-corrected chi connectivity index (χ0v) is 21.2. The normalized spacial score (nSPS) is 22.6. The molecular formula is C27H31N3O6. The Morgan fingerprint density at radius 2 is 1.81 bits per heavy atom. The maximum absolute atomic E-state index is 13.6. The number of carbonyl (C=O) groups excluding carboxylic acids is 1. The molecule has 1 saturated carbocycles. The van der Waals surface area contributed by atoms with E-state index in [2.05, 4.69) is 16.2 Å². The molecule has 1 aromatic heterocycles. The number of benzene rings is 1. The molecule has 1 aliphatic carbocycles. The minimum atomic E-state index is -1.02. The number of aryl methyl sites for hydroxylation is 2. The van der Waals surface area contributed by atoms with Gasteiger partial charge in [0.15, 0.2) is 11.5 Å². The van der Waals surface area contributed by atoms with E-state index in [4.69, 9.17) is 21.0 Å². The van der Waals surface area contributed by atoms with Gasteiger partial charge in [-0.25, -0.2) is 4.79 Å². The van der Waals surface area contributed by atoms with E-state index in [0.29, 0.717) is 65.1 Å². The molecule has 0 saturated heterocycles. The minimum Gasteiger partial charge on any atom is -0.465 e. The summed E-state index contributed by atoms with van der Waals surface area (Å²) in [7, 11) is 1.56. The number of fused-ring (bicyclic) bond motifs is 1. The van der Waals surface area contributed by atoms with E-state index in [9.17, 15) is 14.4 Å². The van der Waals surface area contributed by atoms with Crippen molar-refractivity contribution in [2.75, 3.05) is 11.9 Å². The maximum Gasteiger partial charge on any atom is 0.404 e. The van der Waals surface area contributed by atoms with Crippen molar-refractivity contribution in [3.63, 3.8) is 0 Å². The fourth-order valence-electron chi connectivity index (χ4n) is 5.36. The van der Waals surface area contributed by atoms with Gasteiger partial charge in [0.2, 0.25) is 0 Å². The lowest BCUT2D eigenvalue weighted by Gasteiger charge is -2.37. The molecule has 4 rings (SSSR count). The van der Waals surface area contributed by atoms with Crippen molar-refractivity contribution < 1.29 is 24.2 Å². The second-order valence-electron chi connectivity index (χ2n) is 9.79. The van der Waals surface area contributed by atoms with E-state index in [0.717, 1.165) is 0 Å². The monoisotopic (exact) mass is 493 g/mol. The zero-order chi connectivity index (χ0) is 26.4. The Labute approximate surface area is 209 Å². The Hall–Kier alpha value is -3.93. The van der Waals surface area contributed by atoms with Gasteiger partial charge in [-0.05, 0) is 64.2 Å². The van der Waals surface area contributed by atoms with Gasteiger partial charge in [0.1, 0.15) is 5.69 Å². The van der Waals surface area contributed by atoms with Crippen molar-refractivity contribution in [3.05, 3.63) is 50.4 Å². The summed E-state index contributed by atoms with van der Waals surface area (Å²) in [5.41, 5.74) is 2.61. The van der Waals surface area contributed by atoms with Crippen molar-refractivity contribution in [1.82, 2.24) is 10.3 Å². The van der Waals surface area contributed by atoms with Crippen molar-refractivity contribution in [2.45, 2.75) is 65.2 Å². The summed E-state index contributed by atoms with van der Waals surface area (Å²) in [6, 6.07) is 3.32. The Morgan fingerprint density at radius 3 is 2.39 bits per heavy atom. The Kier molecular flexibility index (Phi) is 6.48. The number of carboxylic acid groups (broad SMARTS) is 1. The molecule has 2 heterocycles. The van der Waals surface area contributed by atoms with Crippen molar-refractivity contribution in [2.24, 2.45) is 5.92 Å². The molecule has 36 heavy (non-hydrogen) atoms. The van der Waals surface area contributed by atoms with Crippen LogP contribution in [0.3, 0.4) is 0 Å². The average molecular weight is 494 g/mol. The molecule has 0 spiro atoms. The van der Waals surface area contributed by atoms with Gasteiger partial charge in [-0.15, -0.1) is 6.42 Å². The summed E-state index contributed by atoms with van der Waals surface area (Å²) < 4.78 is 12.7. The van der Waals surface area contributed by atoms with Crippen LogP contribution >= 0.6 is 0 Å². The third kappa shape index (κ3) is 4.39. The van der Waals surface area contributed by atoms with Crippen LogP contribution in [0.15, 0.2) is 16.9 Å². The molecule has 0 bridgehead atoms. The first-order valence-corrected chi connectivity index (χ1v) is 12.0. The van der Waals surface area contributed by atoms with Gasteiger partial charge >= 0.3 is 6.09 Å². The van der Waals surface area contributed by atoms with Gasteiger partial charge in [0.05, 0.1) is 5.56 Å². The molecule has 1 fully saturated rings. The van der Waals surface area contributed by atoms with Gasteiger partial charge < -0.3 is 29.8 Å². The first kappa shape index (κ1) is 25.2. The number of nitrogens with zero attached hydrogens (tertiary/aromatic N) is 1. The zero-order valence-electron chi connectivity index (χ0n) is 21.2. The predicted molar refractivity (Wildman–Crippen MR) is 135 cm³/mol. The molecule has 9 heteroatoms. The number of hydrogen-bond acceptors (Lipinski definition) is 5. The van der Waals surface area contributed by atoms with E-state index in [-0.39, 0.29) is 29.1 Å². The highest BCUT2D eigenvalue weighted by Gasteiger charge is 2.47. The lowest BCUT2D eigenvalue weighted by molar-refractivity contribution is -0.121. The van der Waals surface area contributed by atoms with Crippen LogP contribution < -0.4 is 25.2 Å². The van der Waals surface area contributed by atoms with Gasteiger partial charge in [-0.3, -0.25) is 9.59 Å². The molecule has 2 aliphatic rings. The van der Waals surface area contributed by atoms with Crippen LogP contribution in [-0.2, 0) is 0 Å². The predicted octanol–water partition coefficient (Wildman–Crippen LogP) is 3.87. The van der Waals surface area contributed by atoms with Gasteiger partial charge in [-0.1, -0.05) is 5.92 Å². The van der Waals surface area contributed by atoms with Crippen molar-refractivity contribution in [1.29, 1.82) is 0 Å². The highest BCUT2D eigenvalue weighted by Crippen LogP contribution is 2.50. The molecule has 0 radical (unpaired) electrons. The van der Waals surface area contributed by atoms with E-state index in [1.165, 1.54) is 4.90 Å². The molecule has 9 nitrogen and oxygen atoms in total. The van der Waals surface area contributed by atoms with Crippen LogP contribution in [0, 0.1) is 39.0 Å². The third-order valence-electron chi connectivity index (χ3n) is 7.25. The van der Waals surface area contributed by atoms with Crippen LogP contribution in [0.2, 0.25) is 0 Å². The summed E-state index contributed by atoms with van der Waals surface area (Å²) in [6.07, 6.45) is 7.55. The number of ether oxygens (including phenoxy) is 2. The first-order valence-electron chi connectivity index (χ1n) is 12.0. The number of carbonyl (C=O) groups is 2. The van der Waals surface area contributed by atoms with E-state index in [1.807, 2.05) is 13.0 Å². The molecule has 1 atom stereocenters. The smallest absolute Gasteiger partial charge is 0.404 e. The second kappa shape index (κ2) is 9.26. The molecule has 2 aromatic rings. The third-order valence-corrected chi connectivity index (χ3v) is 7.25. The molecule has 1 unspecified atom stereocenters. The molecule has 190 valence electrons. The summed E-state index contributed by atoms with van der Waals surface area (Å²) in [5, 5.41) is 11.5. The fourth-order valence-corrected chi connectivity index (χ4v) is 5.36. The Bertz CT molecular complexity index is 1330. The molecule has 1 aliphatic heterocycles. The Morgan fingerprint density at radius 1 is 1.17 bits per heavy atom. The number of aromatic amines is 1. The molecule has 2 amide bonds. The molecular weight excluding hydrogens is 462 g/mol. The number of rotatable bonds is 4. The lowest BCUT2D eigenvalue weighted by Crippen LogP contribution is -2.47. The van der Waals surface area contributed by atoms with Crippen LogP contribution in [0.1, 0.15) is 65.3 Å². The first-order chi connectivity index (χ1) is 16.9. The number of H-pyrrole nitrogens is 1. The van der Waals surface area contributed by atoms with E-state index < -0.39 is 11.9 Å². The van der Waals surface area contributed by atoms with E-state index >= 15 is 0 Å². The van der Waals surface area contributed by atoms with Gasteiger partial charge in [0, 0.05) is 42.8 Å².